The second-order valence-electron chi connectivity index (χ2n) is 2.08. The summed E-state index contributed by atoms with van der Waals surface area (Å²) in [7, 11) is 0. The van der Waals surface area contributed by atoms with Crippen molar-refractivity contribution < 1.29 is 9.32 Å². The number of nitrogens with one attached hydrogen (secondary N) is 1. The Morgan fingerprint density at radius 2 is 2.50 bits per heavy atom. The van der Waals surface area contributed by atoms with Crippen LogP contribution in [0.25, 0.3) is 0 Å². The molecular weight excluding hydrogens is 160 g/mol. The molecule has 6 nitrogen and oxygen atoms in total. The first-order valence-electron chi connectivity index (χ1n) is 3.58. The smallest absolute Gasteiger partial charge is 0.315 e. The van der Waals surface area contributed by atoms with E-state index in [-0.39, 0.29) is 18.3 Å². The van der Waals surface area contributed by atoms with Gasteiger partial charge in [0.05, 0.1) is 6.54 Å². The van der Waals surface area contributed by atoms with E-state index in [0.29, 0.717) is 12.4 Å². The minimum Gasteiger partial charge on any atom is -0.348 e. The van der Waals surface area contributed by atoms with Gasteiger partial charge in [-0.2, -0.15) is 4.98 Å². The molecule has 0 fully saturated rings. The van der Waals surface area contributed by atoms with Gasteiger partial charge >= 0.3 is 11.8 Å². The molecule has 0 aliphatic rings. The van der Waals surface area contributed by atoms with E-state index in [9.17, 15) is 4.79 Å². The Morgan fingerprint density at radius 1 is 1.75 bits per heavy atom. The van der Waals surface area contributed by atoms with Crippen molar-refractivity contribution in [2.75, 3.05) is 6.54 Å². The number of hydrogen-bond donors (Lipinski definition) is 2. The number of amides is 1. The van der Waals surface area contributed by atoms with E-state index in [1.54, 1.807) is 6.92 Å². The van der Waals surface area contributed by atoms with Crippen LogP contribution in [-0.4, -0.2) is 22.6 Å². The molecule has 0 saturated heterocycles. The monoisotopic (exact) mass is 170 g/mol. The van der Waals surface area contributed by atoms with E-state index >= 15 is 0 Å². The molecule has 0 spiro atoms. The van der Waals surface area contributed by atoms with Gasteiger partial charge in [-0.1, -0.05) is 5.16 Å². The van der Waals surface area contributed by atoms with Crippen LogP contribution in [0.4, 0.5) is 0 Å². The lowest BCUT2D eigenvalue weighted by Gasteiger charge is -1.92. The lowest BCUT2D eigenvalue weighted by Crippen LogP contribution is -2.23. The van der Waals surface area contributed by atoms with Gasteiger partial charge in [-0.05, 0) is 6.92 Å². The van der Waals surface area contributed by atoms with E-state index in [2.05, 4.69) is 20.0 Å². The maximum absolute atomic E-state index is 11.0. The molecule has 3 N–H and O–H groups in total. The second-order valence-corrected chi connectivity index (χ2v) is 2.08. The van der Waals surface area contributed by atoms with E-state index in [1.165, 1.54) is 0 Å². The number of carbonyl (C=O) groups is 1. The van der Waals surface area contributed by atoms with E-state index < -0.39 is 0 Å². The number of nitrogens with two attached hydrogens (primary N) is 1. The van der Waals surface area contributed by atoms with Crippen LogP contribution in [0.1, 0.15) is 23.4 Å². The van der Waals surface area contributed by atoms with Gasteiger partial charge in [0.1, 0.15) is 0 Å². The Hall–Kier alpha value is -1.43. The zero-order valence-corrected chi connectivity index (χ0v) is 6.70. The molecule has 0 aliphatic carbocycles. The van der Waals surface area contributed by atoms with Crippen molar-refractivity contribution in [3.8, 4) is 0 Å². The van der Waals surface area contributed by atoms with Gasteiger partial charge in [-0.3, -0.25) is 4.79 Å². The van der Waals surface area contributed by atoms with Crippen molar-refractivity contribution in [3.05, 3.63) is 11.7 Å². The minimum atomic E-state index is -0.371. The SMILES string of the molecule is CCNC(=O)c1nc(CN)no1. The van der Waals surface area contributed by atoms with Gasteiger partial charge in [-0.15, -0.1) is 0 Å². The summed E-state index contributed by atoms with van der Waals surface area (Å²) in [6.07, 6.45) is 0. The second kappa shape index (κ2) is 3.82. The van der Waals surface area contributed by atoms with Crippen molar-refractivity contribution >= 4 is 5.91 Å². The van der Waals surface area contributed by atoms with Crippen LogP contribution in [-0.2, 0) is 6.54 Å². The summed E-state index contributed by atoms with van der Waals surface area (Å²) in [4.78, 5) is 14.8. The predicted molar refractivity (Wildman–Crippen MR) is 40.2 cm³/mol. The topological polar surface area (TPSA) is 94.0 Å². The fraction of sp³-hybridized carbons (Fsp3) is 0.500. The van der Waals surface area contributed by atoms with Gasteiger partial charge in [0, 0.05) is 6.54 Å². The molecule has 0 atom stereocenters. The Morgan fingerprint density at radius 3 is 3.00 bits per heavy atom. The molecule has 0 bridgehead atoms. The summed E-state index contributed by atoms with van der Waals surface area (Å²) in [5, 5.41) is 5.99. The molecule has 0 radical (unpaired) electrons. The van der Waals surface area contributed by atoms with Crippen LogP contribution in [0.5, 0.6) is 0 Å². The van der Waals surface area contributed by atoms with Gasteiger partial charge in [-0.25, -0.2) is 0 Å². The molecule has 66 valence electrons. The van der Waals surface area contributed by atoms with Crippen molar-refractivity contribution in [1.82, 2.24) is 15.5 Å². The van der Waals surface area contributed by atoms with Crippen LogP contribution in [0.3, 0.4) is 0 Å². The molecule has 6 heteroatoms. The van der Waals surface area contributed by atoms with Crippen LogP contribution in [0, 0.1) is 0 Å². The fourth-order valence-electron chi connectivity index (χ4n) is 0.665. The number of nitrogens with zero attached hydrogens (tertiary/aromatic N) is 2. The first-order valence-corrected chi connectivity index (χ1v) is 3.58. The average molecular weight is 170 g/mol. The summed E-state index contributed by atoms with van der Waals surface area (Å²) in [5.74, 6) is -0.0850. The van der Waals surface area contributed by atoms with Crippen LogP contribution in [0.2, 0.25) is 0 Å². The van der Waals surface area contributed by atoms with E-state index in [0.717, 1.165) is 0 Å². The molecule has 12 heavy (non-hydrogen) atoms. The molecule has 0 aromatic carbocycles. The number of carbonyl (C=O) groups excluding carboxylic acids is 1. The molecule has 1 heterocycles. The third-order valence-electron chi connectivity index (χ3n) is 1.18. The third kappa shape index (κ3) is 1.79. The number of hydrogen-bond acceptors (Lipinski definition) is 5. The Kier molecular flexibility index (Phi) is 2.76. The van der Waals surface area contributed by atoms with E-state index in [1.807, 2.05) is 0 Å². The minimum absolute atomic E-state index is 0.0442. The molecular formula is C6H10N4O2. The van der Waals surface area contributed by atoms with Gasteiger partial charge in [0.25, 0.3) is 0 Å². The first kappa shape index (κ1) is 8.66. The highest BCUT2D eigenvalue weighted by molar-refractivity contribution is 5.89. The molecule has 1 amide bonds. The van der Waals surface area contributed by atoms with E-state index in [4.69, 9.17) is 5.73 Å². The van der Waals surface area contributed by atoms with Crippen LogP contribution < -0.4 is 11.1 Å². The highest BCUT2D eigenvalue weighted by atomic mass is 16.5. The Bertz CT molecular complexity index is 270. The molecule has 1 aromatic heterocycles. The summed E-state index contributed by atoms with van der Waals surface area (Å²) >= 11 is 0. The predicted octanol–water partition coefficient (Wildman–Crippen LogP) is -0.722. The van der Waals surface area contributed by atoms with Crippen molar-refractivity contribution in [2.45, 2.75) is 13.5 Å². The largest absolute Gasteiger partial charge is 0.348 e. The standard InChI is InChI=1S/C6H10N4O2/c1-2-8-5(11)6-9-4(3-7)10-12-6/h2-3,7H2,1H3,(H,8,11). The molecule has 0 unspecified atom stereocenters. The van der Waals surface area contributed by atoms with Gasteiger partial charge in [0.15, 0.2) is 5.82 Å². The zero-order valence-electron chi connectivity index (χ0n) is 6.70. The highest BCUT2D eigenvalue weighted by Crippen LogP contribution is 1.95. The molecule has 0 aliphatic heterocycles. The molecule has 1 rings (SSSR count). The summed E-state index contributed by atoms with van der Waals surface area (Å²) < 4.78 is 4.62. The Labute approximate surface area is 69.1 Å². The van der Waals surface area contributed by atoms with Crippen molar-refractivity contribution in [2.24, 2.45) is 5.73 Å². The van der Waals surface area contributed by atoms with Crippen LogP contribution >= 0.6 is 0 Å². The van der Waals surface area contributed by atoms with Crippen LogP contribution in [0.15, 0.2) is 4.52 Å². The van der Waals surface area contributed by atoms with Gasteiger partial charge in [0.2, 0.25) is 0 Å². The zero-order chi connectivity index (χ0) is 8.97. The fourth-order valence-corrected chi connectivity index (χ4v) is 0.665. The molecule has 1 aromatic rings. The Balaban J connectivity index is 2.68. The normalized spacial score (nSPS) is 9.83. The number of rotatable bonds is 3. The van der Waals surface area contributed by atoms with Crippen molar-refractivity contribution in [3.63, 3.8) is 0 Å². The maximum Gasteiger partial charge on any atom is 0.315 e. The van der Waals surface area contributed by atoms with Gasteiger partial charge < -0.3 is 15.6 Å². The maximum atomic E-state index is 11.0. The lowest BCUT2D eigenvalue weighted by atomic mass is 10.5. The summed E-state index contributed by atoms with van der Waals surface area (Å²) in [6, 6.07) is 0. The lowest BCUT2D eigenvalue weighted by molar-refractivity contribution is 0.0912. The number of aromatic nitrogens is 2. The quantitative estimate of drug-likeness (QED) is 0.624. The van der Waals surface area contributed by atoms with Crippen molar-refractivity contribution in [1.29, 1.82) is 0 Å². The third-order valence-corrected chi connectivity index (χ3v) is 1.18. The first-order chi connectivity index (χ1) is 5.77. The molecule has 0 saturated carbocycles. The highest BCUT2D eigenvalue weighted by Gasteiger charge is 2.12. The summed E-state index contributed by atoms with van der Waals surface area (Å²) in [5.41, 5.74) is 5.22. The average Bonchev–Trinajstić information content (AvgIpc) is 2.52. The summed E-state index contributed by atoms with van der Waals surface area (Å²) in [6.45, 7) is 2.50.